The summed E-state index contributed by atoms with van der Waals surface area (Å²) in [6.45, 7) is 0.760. The molecule has 0 spiro atoms. The van der Waals surface area contributed by atoms with Crippen molar-refractivity contribution in [2.24, 2.45) is 0 Å². The second-order valence-electron chi connectivity index (χ2n) is 3.25. The van der Waals surface area contributed by atoms with Gasteiger partial charge in [0.15, 0.2) is 0 Å². The van der Waals surface area contributed by atoms with Gasteiger partial charge in [0.1, 0.15) is 0 Å². The van der Waals surface area contributed by atoms with Crippen molar-refractivity contribution in [2.75, 3.05) is 0 Å². The van der Waals surface area contributed by atoms with Crippen LogP contribution in [0.1, 0.15) is 11.3 Å². The topological polar surface area (TPSA) is 65.3 Å². The number of nitrogens with zero attached hydrogens (tertiary/aromatic N) is 2. The van der Waals surface area contributed by atoms with Crippen molar-refractivity contribution >= 4 is 5.69 Å². The van der Waals surface area contributed by atoms with Crippen LogP contribution in [0.3, 0.4) is 0 Å². The first-order valence-corrected chi connectivity index (χ1v) is 4.41. The molecule has 0 radical (unpaired) electrons. The Morgan fingerprint density at radius 2 is 1.79 bits per heavy atom. The van der Waals surface area contributed by atoms with Crippen molar-refractivity contribution in [2.45, 2.75) is 19.5 Å². The molecule has 1 aromatic heterocycles. The van der Waals surface area contributed by atoms with Crippen LogP contribution in [-0.2, 0) is 6.18 Å². The fraction of sp³-hybridized carbons (Fsp3) is 0.375. The molecule has 0 atom stereocenters. The molecule has 0 fully saturated rings. The van der Waals surface area contributed by atoms with Gasteiger partial charge in [-0.3, -0.25) is 10.1 Å². The van der Waals surface area contributed by atoms with Crippen LogP contribution < -0.4 is 4.74 Å². The molecule has 0 saturated carbocycles. The van der Waals surface area contributed by atoms with Crippen molar-refractivity contribution in [3.05, 3.63) is 27.4 Å². The molecular formula is C8H4F6N2O3. The molecule has 0 aromatic carbocycles. The van der Waals surface area contributed by atoms with Gasteiger partial charge in [-0.05, 0) is 6.92 Å². The Morgan fingerprint density at radius 1 is 1.26 bits per heavy atom. The summed E-state index contributed by atoms with van der Waals surface area (Å²) in [5, 5.41) is 10.4. The number of nitro groups is 1. The number of hydrogen-bond donors (Lipinski definition) is 0. The lowest BCUT2D eigenvalue weighted by molar-refractivity contribution is -0.389. The zero-order valence-electron chi connectivity index (χ0n) is 8.96. The Kier molecular flexibility index (Phi) is 3.59. The van der Waals surface area contributed by atoms with E-state index in [1.807, 2.05) is 0 Å². The maximum atomic E-state index is 12.4. The fourth-order valence-corrected chi connectivity index (χ4v) is 1.18. The first kappa shape index (κ1) is 15.0. The average Bonchev–Trinajstić information content (AvgIpc) is 2.11. The van der Waals surface area contributed by atoms with Gasteiger partial charge in [-0.1, -0.05) is 0 Å². The zero-order chi connectivity index (χ0) is 15.0. The first-order chi connectivity index (χ1) is 8.42. The summed E-state index contributed by atoms with van der Waals surface area (Å²) in [6, 6.07) is -0.0522. The van der Waals surface area contributed by atoms with Gasteiger partial charge >= 0.3 is 24.1 Å². The number of ether oxygens (including phenoxy) is 1. The number of halogens is 6. The maximum absolute atomic E-state index is 12.4. The van der Waals surface area contributed by atoms with Crippen molar-refractivity contribution in [3.8, 4) is 5.88 Å². The second kappa shape index (κ2) is 4.55. The van der Waals surface area contributed by atoms with Gasteiger partial charge < -0.3 is 4.74 Å². The van der Waals surface area contributed by atoms with E-state index in [4.69, 9.17) is 0 Å². The Morgan fingerprint density at radius 3 is 2.16 bits per heavy atom. The molecule has 19 heavy (non-hydrogen) atoms. The minimum atomic E-state index is -5.30. The minimum absolute atomic E-state index is 0.0522. The Hall–Kier alpha value is -2.07. The molecule has 1 aromatic rings. The Labute approximate surface area is 101 Å². The molecule has 106 valence electrons. The SMILES string of the molecule is Cc1nc(OC(F)(F)F)c([N+](=O)[O-])cc1C(F)(F)F. The number of rotatable bonds is 2. The van der Waals surface area contributed by atoms with Crippen LogP contribution in [0.5, 0.6) is 5.88 Å². The van der Waals surface area contributed by atoms with Gasteiger partial charge in [0.25, 0.3) is 0 Å². The predicted molar refractivity (Wildman–Crippen MR) is 47.3 cm³/mol. The smallest absolute Gasteiger partial charge is 0.381 e. The van der Waals surface area contributed by atoms with Crippen LogP contribution in [0.15, 0.2) is 6.07 Å². The number of hydrogen-bond acceptors (Lipinski definition) is 4. The van der Waals surface area contributed by atoms with E-state index in [2.05, 4.69) is 9.72 Å². The normalized spacial score (nSPS) is 12.4. The number of aryl methyl sites for hydroxylation is 1. The standard InChI is InChI=1S/C8H4F6N2O3/c1-3-4(7(9,10)11)2-5(16(17)18)6(15-3)19-8(12,13)14/h2H,1H3. The van der Waals surface area contributed by atoms with Gasteiger partial charge in [0.2, 0.25) is 0 Å². The minimum Gasteiger partial charge on any atom is -0.381 e. The molecule has 0 N–H and O–H groups in total. The van der Waals surface area contributed by atoms with E-state index in [1.54, 1.807) is 0 Å². The lowest BCUT2D eigenvalue weighted by Crippen LogP contribution is -2.20. The lowest BCUT2D eigenvalue weighted by atomic mass is 10.2. The summed E-state index contributed by atoms with van der Waals surface area (Å²) in [4.78, 5) is 11.8. The fourth-order valence-electron chi connectivity index (χ4n) is 1.18. The van der Waals surface area contributed by atoms with Crippen LogP contribution in [0.2, 0.25) is 0 Å². The molecule has 0 aliphatic heterocycles. The molecule has 0 amide bonds. The molecule has 5 nitrogen and oxygen atoms in total. The van der Waals surface area contributed by atoms with Gasteiger partial charge in [0.05, 0.1) is 16.2 Å². The van der Waals surface area contributed by atoms with Gasteiger partial charge in [-0.25, -0.2) is 4.98 Å². The van der Waals surface area contributed by atoms with Crippen LogP contribution in [-0.4, -0.2) is 16.3 Å². The van der Waals surface area contributed by atoms with E-state index in [-0.39, 0.29) is 6.07 Å². The highest BCUT2D eigenvalue weighted by molar-refractivity contribution is 5.46. The molecule has 11 heteroatoms. The highest BCUT2D eigenvalue weighted by Gasteiger charge is 2.40. The van der Waals surface area contributed by atoms with Crippen molar-refractivity contribution in [3.63, 3.8) is 0 Å². The molecule has 0 unspecified atom stereocenters. The Balaban J connectivity index is 3.42. The van der Waals surface area contributed by atoms with Gasteiger partial charge in [0, 0.05) is 6.07 Å². The van der Waals surface area contributed by atoms with Crippen LogP contribution >= 0.6 is 0 Å². The largest absolute Gasteiger partial charge is 0.574 e. The van der Waals surface area contributed by atoms with Gasteiger partial charge in [-0.15, -0.1) is 13.2 Å². The molecule has 0 aliphatic rings. The van der Waals surface area contributed by atoms with Crippen molar-refractivity contribution in [1.29, 1.82) is 0 Å². The summed E-state index contributed by atoms with van der Waals surface area (Å²) < 4.78 is 76.4. The van der Waals surface area contributed by atoms with Crippen LogP contribution in [0, 0.1) is 17.0 Å². The quantitative estimate of drug-likeness (QED) is 0.476. The van der Waals surface area contributed by atoms with Gasteiger partial charge in [-0.2, -0.15) is 13.2 Å². The van der Waals surface area contributed by atoms with E-state index >= 15 is 0 Å². The third-order valence-corrected chi connectivity index (χ3v) is 1.87. The number of aromatic nitrogens is 1. The predicted octanol–water partition coefficient (Wildman–Crippen LogP) is 3.22. The summed E-state index contributed by atoms with van der Waals surface area (Å²) in [7, 11) is 0. The summed E-state index contributed by atoms with van der Waals surface area (Å²) in [6.07, 6.45) is -10.3. The zero-order valence-corrected chi connectivity index (χ0v) is 8.96. The lowest BCUT2D eigenvalue weighted by Gasteiger charge is -2.12. The summed E-state index contributed by atoms with van der Waals surface area (Å²) in [5.41, 5.74) is -3.89. The monoisotopic (exact) mass is 290 g/mol. The maximum Gasteiger partial charge on any atom is 0.574 e. The highest BCUT2D eigenvalue weighted by atomic mass is 19.4. The van der Waals surface area contributed by atoms with E-state index < -0.39 is 40.3 Å². The third-order valence-electron chi connectivity index (χ3n) is 1.87. The third kappa shape index (κ3) is 3.69. The summed E-state index contributed by atoms with van der Waals surface area (Å²) in [5.74, 6) is -1.54. The second-order valence-corrected chi connectivity index (χ2v) is 3.25. The van der Waals surface area contributed by atoms with E-state index in [1.165, 1.54) is 0 Å². The average molecular weight is 290 g/mol. The Bertz CT molecular complexity index is 510. The van der Waals surface area contributed by atoms with Crippen LogP contribution in [0.4, 0.5) is 32.0 Å². The van der Waals surface area contributed by atoms with Crippen LogP contribution in [0.25, 0.3) is 0 Å². The van der Waals surface area contributed by atoms with E-state index in [0.29, 0.717) is 0 Å². The molecular weight excluding hydrogens is 286 g/mol. The molecule has 0 aliphatic carbocycles. The molecule has 1 heterocycles. The van der Waals surface area contributed by atoms with Crippen molar-refractivity contribution in [1.82, 2.24) is 4.98 Å². The molecule has 0 saturated heterocycles. The molecule has 0 bridgehead atoms. The number of alkyl halides is 6. The van der Waals surface area contributed by atoms with Crippen molar-refractivity contribution < 1.29 is 36.0 Å². The first-order valence-electron chi connectivity index (χ1n) is 4.41. The highest BCUT2D eigenvalue weighted by Crippen LogP contribution is 2.38. The number of pyridine rings is 1. The van der Waals surface area contributed by atoms with E-state index in [0.717, 1.165) is 6.92 Å². The van der Waals surface area contributed by atoms with E-state index in [9.17, 15) is 36.5 Å². The summed E-state index contributed by atoms with van der Waals surface area (Å²) >= 11 is 0. The molecule has 1 rings (SSSR count).